The van der Waals surface area contributed by atoms with Gasteiger partial charge in [0.15, 0.2) is 0 Å². The number of nitrogens with two attached hydrogens (primary N) is 1. The number of amides is 1. The topological polar surface area (TPSA) is 89.3 Å². The largest absolute Gasteiger partial charge is 0.354 e. The van der Waals surface area contributed by atoms with Gasteiger partial charge in [0.25, 0.3) is 0 Å². The van der Waals surface area contributed by atoms with Crippen LogP contribution in [0.25, 0.3) is 0 Å². The fourth-order valence-electron chi connectivity index (χ4n) is 0.517. The molecule has 0 heterocycles. The summed E-state index contributed by atoms with van der Waals surface area (Å²) in [5.41, 5.74) is 0. The van der Waals surface area contributed by atoms with Gasteiger partial charge < -0.3 is 5.32 Å². The van der Waals surface area contributed by atoms with Gasteiger partial charge in [-0.15, -0.1) is 0 Å². The van der Waals surface area contributed by atoms with E-state index >= 15 is 0 Å². The number of rotatable bonds is 4. The number of hydrogen-bond donors (Lipinski definition) is 2. The molecule has 0 saturated carbocycles. The molecule has 0 aliphatic carbocycles. The lowest BCUT2D eigenvalue weighted by molar-refractivity contribution is -0.122. The average Bonchev–Trinajstić information content (AvgIpc) is 1.82. The van der Waals surface area contributed by atoms with E-state index in [1.807, 2.05) is 0 Å². The Bertz CT molecular complexity index is 281. The van der Waals surface area contributed by atoms with E-state index in [1.54, 1.807) is 13.8 Å². The monoisotopic (exact) mass is 272 g/mol. The molecular weight excluding hydrogens is 260 g/mol. The molecule has 7 heteroatoms. The van der Waals surface area contributed by atoms with Crippen LogP contribution in [0.1, 0.15) is 13.8 Å². The molecule has 78 valence electrons. The number of nitrogens with one attached hydrogen (secondary N) is 1. The Labute approximate surface area is 86.2 Å². The van der Waals surface area contributed by atoms with Crippen molar-refractivity contribution in [1.29, 1.82) is 0 Å². The van der Waals surface area contributed by atoms with Gasteiger partial charge >= 0.3 is 0 Å². The van der Waals surface area contributed by atoms with Crippen molar-refractivity contribution in [3.05, 3.63) is 0 Å². The van der Waals surface area contributed by atoms with Gasteiger partial charge in [-0.3, -0.25) is 4.79 Å². The van der Waals surface area contributed by atoms with Crippen LogP contribution in [0.2, 0.25) is 0 Å². The molecular formula is C6H13BrN2O3S. The average molecular weight is 273 g/mol. The molecule has 0 aliphatic heterocycles. The fraction of sp³-hybridized carbons (Fsp3) is 0.833. The van der Waals surface area contributed by atoms with Gasteiger partial charge in [0.05, 0.1) is 10.1 Å². The van der Waals surface area contributed by atoms with Crippen molar-refractivity contribution in [3.63, 3.8) is 0 Å². The number of halogens is 1. The maximum absolute atomic E-state index is 11.2. The second-order valence-corrected chi connectivity index (χ2v) is 6.81. The predicted molar refractivity (Wildman–Crippen MR) is 54.0 cm³/mol. The molecule has 0 aromatic heterocycles. The molecule has 0 aromatic rings. The Morgan fingerprint density at radius 3 is 2.31 bits per heavy atom. The van der Waals surface area contributed by atoms with Gasteiger partial charge in [-0.05, 0) is 13.8 Å². The van der Waals surface area contributed by atoms with Gasteiger partial charge in [0, 0.05) is 6.54 Å². The minimum atomic E-state index is -3.50. The highest BCUT2D eigenvalue weighted by atomic mass is 79.9. The van der Waals surface area contributed by atoms with E-state index in [0.717, 1.165) is 0 Å². The van der Waals surface area contributed by atoms with Crippen molar-refractivity contribution >= 4 is 31.9 Å². The Balaban J connectivity index is 3.87. The van der Waals surface area contributed by atoms with Crippen molar-refractivity contribution in [2.24, 2.45) is 5.14 Å². The third-order valence-electron chi connectivity index (χ3n) is 1.21. The summed E-state index contributed by atoms with van der Waals surface area (Å²) in [7, 11) is -3.50. The van der Waals surface area contributed by atoms with Crippen LogP contribution in [0.5, 0.6) is 0 Å². The highest BCUT2D eigenvalue weighted by Gasteiger charge is 2.23. The Kier molecular flexibility index (Phi) is 4.34. The zero-order chi connectivity index (χ0) is 10.7. The molecule has 5 nitrogen and oxygen atoms in total. The SMILES string of the molecule is CC(C)(Br)C(=O)NCCS(N)(=O)=O. The molecule has 3 N–H and O–H groups in total. The molecule has 0 rings (SSSR count). The van der Waals surface area contributed by atoms with Crippen molar-refractivity contribution in [3.8, 4) is 0 Å². The quantitative estimate of drug-likeness (QED) is 0.681. The number of carbonyl (C=O) groups excluding carboxylic acids is 1. The number of sulfonamides is 1. The van der Waals surface area contributed by atoms with Crippen LogP contribution in [0.15, 0.2) is 0 Å². The predicted octanol–water partition coefficient (Wildman–Crippen LogP) is -0.435. The lowest BCUT2D eigenvalue weighted by atomic mass is 10.2. The van der Waals surface area contributed by atoms with Crippen LogP contribution < -0.4 is 10.5 Å². The van der Waals surface area contributed by atoms with E-state index in [2.05, 4.69) is 21.2 Å². The Morgan fingerprint density at radius 1 is 1.54 bits per heavy atom. The maximum Gasteiger partial charge on any atom is 0.236 e. The molecule has 0 atom stereocenters. The third kappa shape index (κ3) is 6.97. The molecule has 0 aromatic carbocycles. The molecule has 0 unspecified atom stereocenters. The van der Waals surface area contributed by atoms with Gasteiger partial charge in [-0.25, -0.2) is 13.6 Å². The minimum Gasteiger partial charge on any atom is -0.354 e. The smallest absolute Gasteiger partial charge is 0.236 e. The number of carbonyl (C=O) groups is 1. The summed E-state index contributed by atoms with van der Waals surface area (Å²) >= 11 is 3.13. The van der Waals surface area contributed by atoms with Crippen molar-refractivity contribution in [2.75, 3.05) is 12.3 Å². The highest BCUT2D eigenvalue weighted by molar-refractivity contribution is 9.10. The molecule has 0 fully saturated rings. The van der Waals surface area contributed by atoms with Crippen LogP contribution in [0, 0.1) is 0 Å². The number of hydrogen-bond acceptors (Lipinski definition) is 3. The summed E-state index contributed by atoms with van der Waals surface area (Å²) in [6, 6.07) is 0. The normalized spacial score (nSPS) is 12.6. The van der Waals surface area contributed by atoms with E-state index in [1.165, 1.54) is 0 Å². The molecule has 0 bridgehead atoms. The number of primary sulfonamides is 1. The standard InChI is InChI=1S/C6H13BrN2O3S/c1-6(2,7)5(10)9-3-4-13(8,11)12/h3-4H2,1-2H3,(H,9,10)(H2,8,11,12). The third-order valence-corrected chi connectivity index (χ3v) is 2.35. The van der Waals surface area contributed by atoms with Crippen LogP contribution >= 0.6 is 15.9 Å². The van der Waals surface area contributed by atoms with Gasteiger partial charge in [-0.1, -0.05) is 15.9 Å². The number of alkyl halides is 1. The van der Waals surface area contributed by atoms with Crippen LogP contribution in [-0.4, -0.2) is 30.9 Å². The van der Waals surface area contributed by atoms with Crippen LogP contribution in [-0.2, 0) is 14.8 Å². The first-order valence-corrected chi connectivity index (χ1v) is 6.11. The lowest BCUT2D eigenvalue weighted by Crippen LogP contribution is -2.40. The zero-order valence-electron chi connectivity index (χ0n) is 7.50. The van der Waals surface area contributed by atoms with Gasteiger partial charge in [-0.2, -0.15) is 0 Å². The van der Waals surface area contributed by atoms with Crippen molar-refractivity contribution in [2.45, 2.75) is 18.2 Å². The van der Waals surface area contributed by atoms with E-state index < -0.39 is 14.3 Å². The molecule has 0 spiro atoms. The summed E-state index contributed by atoms with van der Waals surface area (Å²) in [6.45, 7) is 3.37. The first-order valence-electron chi connectivity index (χ1n) is 3.60. The molecule has 0 aliphatic rings. The first-order chi connectivity index (χ1) is 5.63. The summed E-state index contributed by atoms with van der Waals surface area (Å²) in [6.07, 6.45) is 0. The van der Waals surface area contributed by atoms with Crippen molar-refractivity contribution < 1.29 is 13.2 Å². The summed E-state index contributed by atoms with van der Waals surface area (Å²) in [5.74, 6) is -0.516. The van der Waals surface area contributed by atoms with Crippen LogP contribution in [0.3, 0.4) is 0 Å². The Morgan fingerprint density at radius 2 is 2.00 bits per heavy atom. The Hall–Kier alpha value is -0.140. The summed E-state index contributed by atoms with van der Waals surface area (Å²) in [4.78, 5) is 11.2. The lowest BCUT2D eigenvalue weighted by Gasteiger charge is -2.15. The summed E-state index contributed by atoms with van der Waals surface area (Å²) in [5, 5.41) is 7.17. The first kappa shape index (κ1) is 12.9. The molecule has 0 radical (unpaired) electrons. The van der Waals surface area contributed by atoms with E-state index in [-0.39, 0.29) is 18.2 Å². The molecule has 13 heavy (non-hydrogen) atoms. The second-order valence-electron chi connectivity index (χ2n) is 3.10. The van der Waals surface area contributed by atoms with Gasteiger partial charge in [0.2, 0.25) is 15.9 Å². The maximum atomic E-state index is 11.2. The van der Waals surface area contributed by atoms with Crippen molar-refractivity contribution in [1.82, 2.24) is 5.32 Å². The highest BCUT2D eigenvalue weighted by Crippen LogP contribution is 2.14. The zero-order valence-corrected chi connectivity index (χ0v) is 9.91. The summed E-state index contributed by atoms with van der Waals surface area (Å²) < 4.78 is 20.3. The van der Waals surface area contributed by atoms with Crippen LogP contribution in [0.4, 0.5) is 0 Å². The van der Waals surface area contributed by atoms with Gasteiger partial charge in [0.1, 0.15) is 0 Å². The molecule has 1 amide bonds. The minimum absolute atomic E-state index is 0.0344. The van der Waals surface area contributed by atoms with E-state index in [0.29, 0.717) is 0 Å². The fourth-order valence-corrected chi connectivity index (χ4v) is 1.04. The molecule has 0 saturated heterocycles. The van der Waals surface area contributed by atoms with E-state index in [4.69, 9.17) is 5.14 Å². The second kappa shape index (κ2) is 4.39. The van der Waals surface area contributed by atoms with E-state index in [9.17, 15) is 13.2 Å².